The van der Waals surface area contributed by atoms with Crippen LogP contribution in [-0.4, -0.2) is 18.8 Å². The number of fused-ring (bicyclic) bond motifs is 1. The van der Waals surface area contributed by atoms with Crippen LogP contribution in [0.25, 0.3) is 0 Å². The van der Waals surface area contributed by atoms with Gasteiger partial charge >= 0.3 is 0 Å². The molecule has 2 nitrogen and oxygen atoms in total. The van der Waals surface area contributed by atoms with Gasteiger partial charge in [0.15, 0.2) is 0 Å². The van der Waals surface area contributed by atoms with Crippen LogP contribution >= 0.6 is 0 Å². The number of benzene rings is 1. The summed E-state index contributed by atoms with van der Waals surface area (Å²) in [6.45, 7) is 1.78. The van der Waals surface area contributed by atoms with Gasteiger partial charge in [-0.1, -0.05) is 24.3 Å². The molecule has 1 saturated heterocycles. The highest BCUT2D eigenvalue weighted by Crippen LogP contribution is 2.37. The number of nitrogens with two attached hydrogens (primary N) is 1. The molecule has 2 heteroatoms. The van der Waals surface area contributed by atoms with Gasteiger partial charge in [-0.25, -0.2) is 0 Å². The molecule has 0 amide bonds. The lowest BCUT2D eigenvalue weighted by molar-refractivity contribution is 0.0401. The molecule has 1 aromatic rings. The van der Waals surface area contributed by atoms with E-state index < -0.39 is 0 Å². The SMILES string of the molecule is NC1(C2CCOCC2)Cc2ccccc2C1. The molecular weight excluding hydrogens is 198 g/mol. The van der Waals surface area contributed by atoms with Crippen LogP contribution in [0, 0.1) is 5.92 Å². The third-order valence-corrected chi connectivity index (χ3v) is 4.19. The Morgan fingerprint density at radius 1 is 1.06 bits per heavy atom. The molecule has 0 radical (unpaired) electrons. The molecule has 16 heavy (non-hydrogen) atoms. The fourth-order valence-corrected chi connectivity index (χ4v) is 3.24. The van der Waals surface area contributed by atoms with Gasteiger partial charge in [-0.3, -0.25) is 0 Å². The van der Waals surface area contributed by atoms with E-state index in [-0.39, 0.29) is 5.54 Å². The van der Waals surface area contributed by atoms with E-state index in [0.717, 1.165) is 38.9 Å². The van der Waals surface area contributed by atoms with Gasteiger partial charge in [0.05, 0.1) is 0 Å². The zero-order chi connectivity index (χ0) is 11.0. The van der Waals surface area contributed by atoms with Gasteiger partial charge < -0.3 is 10.5 Å². The second-order valence-electron chi connectivity index (χ2n) is 5.24. The molecule has 2 aliphatic rings. The average molecular weight is 217 g/mol. The van der Waals surface area contributed by atoms with Crippen LogP contribution in [0.3, 0.4) is 0 Å². The summed E-state index contributed by atoms with van der Waals surface area (Å²) in [6.07, 6.45) is 4.36. The fraction of sp³-hybridized carbons (Fsp3) is 0.571. The van der Waals surface area contributed by atoms with E-state index >= 15 is 0 Å². The Morgan fingerprint density at radius 2 is 1.62 bits per heavy atom. The zero-order valence-electron chi connectivity index (χ0n) is 9.61. The van der Waals surface area contributed by atoms with Crippen molar-refractivity contribution in [1.82, 2.24) is 0 Å². The van der Waals surface area contributed by atoms with Crippen LogP contribution in [0.15, 0.2) is 24.3 Å². The first kappa shape index (κ1) is 10.3. The molecule has 1 aliphatic heterocycles. The average Bonchev–Trinajstić information content (AvgIpc) is 2.68. The first-order chi connectivity index (χ1) is 7.78. The van der Waals surface area contributed by atoms with Crippen molar-refractivity contribution in [3.8, 4) is 0 Å². The number of ether oxygens (including phenoxy) is 1. The molecule has 0 unspecified atom stereocenters. The summed E-state index contributed by atoms with van der Waals surface area (Å²) in [7, 11) is 0. The molecule has 1 aliphatic carbocycles. The fourth-order valence-electron chi connectivity index (χ4n) is 3.24. The Hall–Kier alpha value is -0.860. The molecule has 0 bridgehead atoms. The van der Waals surface area contributed by atoms with Crippen LogP contribution in [0.2, 0.25) is 0 Å². The maximum absolute atomic E-state index is 6.63. The highest BCUT2D eigenvalue weighted by atomic mass is 16.5. The molecule has 0 saturated carbocycles. The molecule has 2 N–H and O–H groups in total. The van der Waals surface area contributed by atoms with Crippen LogP contribution < -0.4 is 5.73 Å². The van der Waals surface area contributed by atoms with Crippen LogP contribution in [0.1, 0.15) is 24.0 Å². The largest absolute Gasteiger partial charge is 0.381 e. The quantitative estimate of drug-likeness (QED) is 0.780. The zero-order valence-corrected chi connectivity index (χ0v) is 9.61. The Balaban J connectivity index is 1.82. The number of rotatable bonds is 1. The smallest absolute Gasteiger partial charge is 0.0469 e. The summed E-state index contributed by atoms with van der Waals surface area (Å²) in [5, 5.41) is 0. The van der Waals surface area contributed by atoms with Crippen molar-refractivity contribution in [3.05, 3.63) is 35.4 Å². The van der Waals surface area contributed by atoms with Gasteiger partial charge in [0.25, 0.3) is 0 Å². The van der Waals surface area contributed by atoms with Gasteiger partial charge in [-0.05, 0) is 42.7 Å². The first-order valence-corrected chi connectivity index (χ1v) is 6.21. The normalized spacial score (nSPS) is 24.3. The highest BCUT2D eigenvalue weighted by Gasteiger charge is 2.40. The van der Waals surface area contributed by atoms with E-state index in [0.29, 0.717) is 5.92 Å². The molecule has 1 heterocycles. The van der Waals surface area contributed by atoms with Crippen molar-refractivity contribution >= 4 is 0 Å². The summed E-state index contributed by atoms with van der Waals surface area (Å²) < 4.78 is 5.43. The third-order valence-electron chi connectivity index (χ3n) is 4.19. The standard InChI is InChI=1S/C14H19NO/c15-14(13-5-7-16-8-6-13)9-11-3-1-2-4-12(11)10-14/h1-4,13H,5-10,15H2. The summed E-state index contributed by atoms with van der Waals surface area (Å²) in [5.74, 6) is 0.633. The van der Waals surface area contributed by atoms with E-state index in [1.165, 1.54) is 11.1 Å². The van der Waals surface area contributed by atoms with Crippen molar-refractivity contribution in [3.63, 3.8) is 0 Å². The second kappa shape index (κ2) is 3.86. The van der Waals surface area contributed by atoms with Crippen molar-refractivity contribution in [2.45, 2.75) is 31.2 Å². The van der Waals surface area contributed by atoms with Crippen molar-refractivity contribution in [2.24, 2.45) is 11.7 Å². The van der Waals surface area contributed by atoms with Crippen molar-refractivity contribution < 1.29 is 4.74 Å². The molecule has 1 fully saturated rings. The number of hydrogen-bond donors (Lipinski definition) is 1. The predicted octanol–water partition coefficient (Wildman–Crippen LogP) is 1.91. The molecule has 86 valence electrons. The maximum atomic E-state index is 6.63. The van der Waals surface area contributed by atoms with E-state index in [9.17, 15) is 0 Å². The summed E-state index contributed by atoms with van der Waals surface area (Å²) in [5.41, 5.74) is 9.53. The predicted molar refractivity (Wildman–Crippen MR) is 64.3 cm³/mol. The third kappa shape index (κ3) is 1.66. The molecule has 0 aromatic heterocycles. The Kier molecular flexibility index (Phi) is 2.49. The second-order valence-corrected chi connectivity index (χ2v) is 5.24. The van der Waals surface area contributed by atoms with E-state index in [2.05, 4.69) is 24.3 Å². The lowest BCUT2D eigenvalue weighted by Gasteiger charge is -2.36. The minimum atomic E-state index is -0.00648. The van der Waals surface area contributed by atoms with Gasteiger partial charge in [0.2, 0.25) is 0 Å². The Morgan fingerprint density at radius 3 is 2.19 bits per heavy atom. The summed E-state index contributed by atoms with van der Waals surface area (Å²) in [4.78, 5) is 0. The lowest BCUT2D eigenvalue weighted by Crippen LogP contribution is -2.50. The van der Waals surface area contributed by atoms with E-state index in [1.807, 2.05) is 0 Å². The Bertz CT molecular complexity index is 357. The highest BCUT2D eigenvalue weighted by molar-refractivity contribution is 5.36. The molecule has 0 atom stereocenters. The first-order valence-electron chi connectivity index (χ1n) is 6.21. The molecule has 3 rings (SSSR count). The maximum Gasteiger partial charge on any atom is 0.0469 e. The molecule has 0 spiro atoms. The van der Waals surface area contributed by atoms with Gasteiger partial charge in [0.1, 0.15) is 0 Å². The minimum Gasteiger partial charge on any atom is -0.381 e. The minimum absolute atomic E-state index is 0.00648. The van der Waals surface area contributed by atoms with Crippen molar-refractivity contribution in [1.29, 1.82) is 0 Å². The molecule has 1 aromatic carbocycles. The summed E-state index contributed by atoms with van der Waals surface area (Å²) in [6, 6.07) is 8.69. The topological polar surface area (TPSA) is 35.2 Å². The van der Waals surface area contributed by atoms with Crippen LogP contribution in [0.4, 0.5) is 0 Å². The monoisotopic (exact) mass is 217 g/mol. The van der Waals surface area contributed by atoms with E-state index in [1.54, 1.807) is 0 Å². The van der Waals surface area contributed by atoms with Crippen molar-refractivity contribution in [2.75, 3.05) is 13.2 Å². The van der Waals surface area contributed by atoms with Crippen LogP contribution in [-0.2, 0) is 17.6 Å². The van der Waals surface area contributed by atoms with E-state index in [4.69, 9.17) is 10.5 Å². The molecular formula is C14H19NO. The van der Waals surface area contributed by atoms with Gasteiger partial charge in [-0.15, -0.1) is 0 Å². The number of hydrogen-bond acceptors (Lipinski definition) is 2. The lowest BCUT2D eigenvalue weighted by atomic mass is 9.77. The van der Waals surface area contributed by atoms with Gasteiger partial charge in [0, 0.05) is 18.8 Å². The Labute approximate surface area is 96.8 Å². The summed E-state index contributed by atoms with van der Waals surface area (Å²) >= 11 is 0. The van der Waals surface area contributed by atoms with Crippen LogP contribution in [0.5, 0.6) is 0 Å². The van der Waals surface area contributed by atoms with Gasteiger partial charge in [-0.2, -0.15) is 0 Å².